The maximum Gasteiger partial charge on any atom is 0.145 e. The van der Waals surface area contributed by atoms with Crippen LogP contribution in [-0.2, 0) is 0 Å². The topological polar surface area (TPSA) is 71.9 Å². The van der Waals surface area contributed by atoms with Crippen molar-refractivity contribution in [2.45, 2.75) is 0 Å². The van der Waals surface area contributed by atoms with E-state index in [9.17, 15) is 0 Å². The van der Waals surface area contributed by atoms with Gasteiger partial charge >= 0.3 is 0 Å². The highest BCUT2D eigenvalue weighted by atomic mass is 79.9. The van der Waals surface area contributed by atoms with Gasteiger partial charge < -0.3 is 10.5 Å². The van der Waals surface area contributed by atoms with E-state index in [1.807, 2.05) is 12.1 Å². The van der Waals surface area contributed by atoms with E-state index in [-0.39, 0.29) is 0 Å². The first-order valence-corrected chi connectivity index (χ1v) is 5.29. The van der Waals surface area contributed by atoms with Crippen molar-refractivity contribution >= 4 is 32.5 Å². The van der Waals surface area contributed by atoms with Gasteiger partial charge in [0.25, 0.3) is 0 Å². The van der Waals surface area contributed by atoms with Gasteiger partial charge in [-0.2, -0.15) is 5.26 Å². The van der Waals surface area contributed by atoms with E-state index in [1.165, 1.54) is 6.20 Å². The van der Waals surface area contributed by atoms with Crippen LogP contribution in [0.4, 0.5) is 5.69 Å². The summed E-state index contributed by atoms with van der Waals surface area (Å²) in [5.41, 5.74) is 7.33. The fourth-order valence-corrected chi connectivity index (χ4v) is 2.05. The average Bonchev–Trinajstić information content (AvgIpc) is 2.30. The average molecular weight is 278 g/mol. The number of ether oxygens (including phenoxy) is 1. The van der Waals surface area contributed by atoms with Crippen LogP contribution in [-0.4, -0.2) is 12.1 Å². The Hall–Kier alpha value is -1.80. The normalized spacial score (nSPS) is 10.1. The molecule has 1 aromatic carbocycles. The largest absolute Gasteiger partial charge is 0.494 e. The number of halogens is 1. The summed E-state index contributed by atoms with van der Waals surface area (Å²) in [6.45, 7) is 0. The summed E-state index contributed by atoms with van der Waals surface area (Å²) in [4.78, 5) is 4.19. The Bertz CT molecular complexity index is 604. The zero-order valence-corrected chi connectivity index (χ0v) is 10.1. The van der Waals surface area contributed by atoms with Gasteiger partial charge in [0.1, 0.15) is 17.3 Å². The number of hydrogen-bond donors (Lipinski definition) is 1. The second-order valence-corrected chi connectivity index (χ2v) is 4.02. The molecule has 0 aliphatic rings. The van der Waals surface area contributed by atoms with Gasteiger partial charge in [0.15, 0.2) is 0 Å². The number of nitrogen functional groups attached to an aromatic ring is 1. The predicted molar refractivity (Wildman–Crippen MR) is 65.1 cm³/mol. The molecular formula is C11H8BrN3O. The first kappa shape index (κ1) is 10.7. The third kappa shape index (κ3) is 1.48. The SMILES string of the molecule is COc1ccc(Br)c2c(N)c(C#N)cnc12. The highest BCUT2D eigenvalue weighted by Crippen LogP contribution is 2.35. The predicted octanol–water partition coefficient (Wildman–Crippen LogP) is 2.46. The molecule has 0 amide bonds. The third-order valence-electron chi connectivity index (χ3n) is 2.31. The highest BCUT2D eigenvalue weighted by Gasteiger charge is 2.12. The van der Waals surface area contributed by atoms with Crippen LogP contribution >= 0.6 is 15.9 Å². The summed E-state index contributed by atoms with van der Waals surface area (Å²) < 4.78 is 5.99. The minimum atomic E-state index is 0.362. The lowest BCUT2D eigenvalue weighted by atomic mass is 10.1. The van der Waals surface area contributed by atoms with Crippen molar-refractivity contribution in [3.63, 3.8) is 0 Å². The van der Waals surface area contributed by atoms with Crippen LogP contribution in [0.2, 0.25) is 0 Å². The second kappa shape index (κ2) is 3.99. The van der Waals surface area contributed by atoms with Crippen LogP contribution in [0.15, 0.2) is 22.8 Å². The first-order valence-electron chi connectivity index (χ1n) is 4.49. The minimum absolute atomic E-state index is 0.362. The lowest BCUT2D eigenvalue weighted by molar-refractivity contribution is 0.419. The second-order valence-electron chi connectivity index (χ2n) is 3.17. The third-order valence-corrected chi connectivity index (χ3v) is 2.97. The van der Waals surface area contributed by atoms with Crippen LogP contribution in [0.5, 0.6) is 5.75 Å². The Labute approximate surface area is 101 Å². The monoisotopic (exact) mass is 277 g/mol. The molecule has 0 saturated carbocycles. The summed E-state index contributed by atoms with van der Waals surface area (Å²) in [6.07, 6.45) is 1.45. The summed E-state index contributed by atoms with van der Waals surface area (Å²) >= 11 is 3.39. The molecule has 0 fully saturated rings. The van der Waals surface area contributed by atoms with Crippen molar-refractivity contribution in [3.8, 4) is 11.8 Å². The number of methoxy groups -OCH3 is 1. The number of benzene rings is 1. The molecule has 80 valence electrons. The quantitative estimate of drug-likeness (QED) is 0.869. The van der Waals surface area contributed by atoms with Gasteiger partial charge in [0.2, 0.25) is 0 Å². The van der Waals surface area contributed by atoms with E-state index in [0.717, 1.165) is 4.47 Å². The van der Waals surface area contributed by atoms with Gasteiger partial charge in [-0.1, -0.05) is 15.9 Å². The van der Waals surface area contributed by atoms with Crippen molar-refractivity contribution in [2.24, 2.45) is 0 Å². The van der Waals surface area contributed by atoms with Gasteiger partial charge in [0.05, 0.1) is 18.4 Å². The Morgan fingerprint density at radius 3 is 2.88 bits per heavy atom. The summed E-state index contributed by atoms with van der Waals surface area (Å²) in [5.74, 6) is 0.634. The molecule has 1 aromatic heterocycles. The molecule has 4 nitrogen and oxygen atoms in total. The van der Waals surface area contributed by atoms with E-state index in [2.05, 4.69) is 20.9 Å². The van der Waals surface area contributed by atoms with Crippen molar-refractivity contribution in [1.82, 2.24) is 4.98 Å². The Morgan fingerprint density at radius 1 is 1.50 bits per heavy atom. The standard InChI is InChI=1S/C11H8BrN3O/c1-16-8-3-2-7(12)9-10(14)6(4-13)5-15-11(8)9/h2-3,5H,1H3,(H2,14,15). The number of rotatable bonds is 1. The van der Waals surface area contributed by atoms with Gasteiger partial charge in [-0.05, 0) is 12.1 Å². The molecule has 0 atom stereocenters. The highest BCUT2D eigenvalue weighted by molar-refractivity contribution is 9.10. The fourth-order valence-electron chi connectivity index (χ4n) is 1.52. The van der Waals surface area contributed by atoms with Crippen molar-refractivity contribution < 1.29 is 4.74 Å². The summed E-state index contributed by atoms with van der Waals surface area (Å²) in [7, 11) is 1.57. The molecule has 5 heteroatoms. The van der Waals surface area contributed by atoms with Crippen LogP contribution in [0.3, 0.4) is 0 Å². The molecule has 0 spiro atoms. The van der Waals surface area contributed by atoms with E-state index < -0.39 is 0 Å². The number of aromatic nitrogens is 1. The Morgan fingerprint density at radius 2 is 2.25 bits per heavy atom. The van der Waals surface area contributed by atoms with Gasteiger partial charge in [-0.3, -0.25) is 4.98 Å². The zero-order valence-electron chi connectivity index (χ0n) is 8.49. The number of hydrogen-bond acceptors (Lipinski definition) is 4. The molecule has 1 heterocycles. The fraction of sp³-hybridized carbons (Fsp3) is 0.0909. The van der Waals surface area contributed by atoms with Crippen LogP contribution in [0.1, 0.15) is 5.56 Å². The smallest absolute Gasteiger partial charge is 0.145 e. The molecule has 2 N–H and O–H groups in total. The molecule has 2 aromatic rings. The molecule has 0 radical (unpaired) electrons. The number of nitrogens with two attached hydrogens (primary N) is 1. The van der Waals surface area contributed by atoms with E-state index in [4.69, 9.17) is 15.7 Å². The van der Waals surface area contributed by atoms with Crippen LogP contribution < -0.4 is 10.5 Å². The van der Waals surface area contributed by atoms with Crippen molar-refractivity contribution in [3.05, 3.63) is 28.4 Å². The lowest BCUT2D eigenvalue weighted by Gasteiger charge is -2.09. The molecule has 0 saturated heterocycles. The van der Waals surface area contributed by atoms with E-state index in [0.29, 0.717) is 27.9 Å². The van der Waals surface area contributed by atoms with Crippen molar-refractivity contribution in [2.75, 3.05) is 12.8 Å². The molecule has 0 bridgehead atoms. The minimum Gasteiger partial charge on any atom is -0.494 e. The molecule has 2 rings (SSSR count). The first-order chi connectivity index (χ1) is 7.69. The van der Waals surface area contributed by atoms with E-state index in [1.54, 1.807) is 13.2 Å². The lowest BCUT2D eigenvalue weighted by Crippen LogP contribution is -1.96. The Balaban J connectivity index is 2.94. The molecular weight excluding hydrogens is 270 g/mol. The van der Waals surface area contributed by atoms with Gasteiger partial charge in [-0.25, -0.2) is 0 Å². The number of nitriles is 1. The van der Waals surface area contributed by atoms with Gasteiger partial charge in [0, 0.05) is 16.1 Å². The van der Waals surface area contributed by atoms with Crippen LogP contribution in [0.25, 0.3) is 10.9 Å². The summed E-state index contributed by atoms with van der Waals surface area (Å²) in [5, 5.41) is 9.59. The maximum atomic E-state index is 8.88. The van der Waals surface area contributed by atoms with Crippen LogP contribution in [0, 0.1) is 11.3 Å². The molecule has 16 heavy (non-hydrogen) atoms. The summed E-state index contributed by atoms with van der Waals surface area (Å²) in [6, 6.07) is 5.62. The number of pyridine rings is 1. The van der Waals surface area contributed by atoms with Gasteiger partial charge in [-0.15, -0.1) is 0 Å². The number of anilines is 1. The Kier molecular flexibility index (Phi) is 2.67. The maximum absolute atomic E-state index is 8.88. The number of nitrogens with zero attached hydrogens (tertiary/aromatic N) is 2. The molecule has 0 unspecified atom stereocenters. The van der Waals surface area contributed by atoms with Crippen molar-refractivity contribution in [1.29, 1.82) is 5.26 Å². The molecule has 0 aliphatic carbocycles. The molecule has 0 aliphatic heterocycles. The van der Waals surface area contributed by atoms with E-state index >= 15 is 0 Å². The number of fused-ring (bicyclic) bond motifs is 1. The zero-order chi connectivity index (χ0) is 11.7.